The van der Waals surface area contributed by atoms with E-state index in [2.05, 4.69) is 20.8 Å². The minimum Gasteiger partial charge on any atom is -0.367 e. The molecule has 2 rings (SSSR count). The normalized spacial score (nSPS) is 10.3. The minimum atomic E-state index is 0.0248. The largest absolute Gasteiger partial charge is 0.367 e. The van der Waals surface area contributed by atoms with Crippen molar-refractivity contribution in [3.63, 3.8) is 0 Å². The van der Waals surface area contributed by atoms with Gasteiger partial charge in [-0.15, -0.1) is 5.10 Å². The Morgan fingerprint density at radius 3 is 2.77 bits per heavy atom. The van der Waals surface area contributed by atoms with Gasteiger partial charge in [-0.1, -0.05) is 23.7 Å². The van der Waals surface area contributed by atoms with Crippen LogP contribution in [0, 0.1) is 6.92 Å². The van der Waals surface area contributed by atoms with Crippen molar-refractivity contribution >= 4 is 23.3 Å². The maximum atomic E-state index is 11.8. The number of rotatable bonds is 7. The Bertz CT molecular complexity index is 616. The molecule has 2 N–H and O–H groups in total. The molecule has 0 aliphatic rings. The van der Waals surface area contributed by atoms with Gasteiger partial charge in [-0.3, -0.25) is 4.79 Å². The number of anilines is 1. The first-order valence-corrected chi connectivity index (χ1v) is 7.56. The van der Waals surface area contributed by atoms with Crippen LogP contribution in [0.4, 0.5) is 5.82 Å². The number of carbonyl (C=O) groups is 1. The summed E-state index contributed by atoms with van der Waals surface area (Å²) in [5, 5.41) is 14.6. The Morgan fingerprint density at radius 1 is 1.18 bits per heavy atom. The first kappa shape index (κ1) is 16.2. The quantitative estimate of drug-likeness (QED) is 0.770. The third kappa shape index (κ3) is 5.69. The van der Waals surface area contributed by atoms with E-state index < -0.39 is 0 Å². The summed E-state index contributed by atoms with van der Waals surface area (Å²) in [4.78, 5) is 11.8. The Hall–Kier alpha value is -2.14. The maximum absolute atomic E-state index is 11.8. The van der Waals surface area contributed by atoms with Gasteiger partial charge >= 0.3 is 0 Å². The average Bonchev–Trinajstić information content (AvgIpc) is 2.51. The molecule has 0 bridgehead atoms. The predicted molar refractivity (Wildman–Crippen MR) is 88.0 cm³/mol. The van der Waals surface area contributed by atoms with Crippen LogP contribution >= 0.6 is 11.6 Å². The number of aryl methyl sites for hydroxylation is 2. The molecular formula is C16H19ClN4O. The van der Waals surface area contributed by atoms with E-state index in [9.17, 15) is 4.79 Å². The molecule has 0 radical (unpaired) electrons. The fourth-order valence-corrected chi connectivity index (χ4v) is 2.14. The lowest BCUT2D eigenvalue weighted by Gasteiger charge is -2.07. The second-order valence-corrected chi connectivity index (χ2v) is 5.40. The van der Waals surface area contributed by atoms with Crippen LogP contribution in [-0.2, 0) is 11.2 Å². The first-order chi connectivity index (χ1) is 10.6. The zero-order valence-electron chi connectivity index (χ0n) is 12.5. The number of nitrogens with zero attached hydrogens (tertiary/aromatic N) is 2. The van der Waals surface area contributed by atoms with Gasteiger partial charge < -0.3 is 10.6 Å². The van der Waals surface area contributed by atoms with Crippen LogP contribution in [0.5, 0.6) is 0 Å². The van der Waals surface area contributed by atoms with Gasteiger partial charge in [0.1, 0.15) is 5.82 Å². The SMILES string of the molecule is Cc1ccc(NCCNC(=O)CCc2cccc(Cl)c2)nn1. The Morgan fingerprint density at radius 2 is 2.05 bits per heavy atom. The molecule has 0 saturated heterocycles. The van der Waals surface area contributed by atoms with Crippen LogP contribution in [0.25, 0.3) is 0 Å². The summed E-state index contributed by atoms with van der Waals surface area (Å²) in [6.45, 7) is 3.04. The highest BCUT2D eigenvalue weighted by Crippen LogP contribution is 2.11. The van der Waals surface area contributed by atoms with Gasteiger partial charge in [0.25, 0.3) is 0 Å². The number of halogens is 1. The number of aromatic nitrogens is 2. The average molecular weight is 319 g/mol. The molecule has 1 aromatic carbocycles. The molecule has 0 aliphatic carbocycles. The number of carbonyl (C=O) groups excluding carboxylic acids is 1. The van der Waals surface area contributed by atoms with Crippen LogP contribution in [0.2, 0.25) is 5.02 Å². The lowest BCUT2D eigenvalue weighted by molar-refractivity contribution is -0.120. The zero-order chi connectivity index (χ0) is 15.8. The van der Waals surface area contributed by atoms with Crippen LogP contribution in [0.3, 0.4) is 0 Å². The van der Waals surface area contributed by atoms with E-state index in [0.717, 1.165) is 11.3 Å². The maximum Gasteiger partial charge on any atom is 0.220 e. The molecule has 1 amide bonds. The first-order valence-electron chi connectivity index (χ1n) is 7.19. The van der Waals surface area contributed by atoms with Gasteiger partial charge in [0.15, 0.2) is 0 Å². The summed E-state index contributed by atoms with van der Waals surface area (Å²) >= 11 is 5.91. The van der Waals surface area contributed by atoms with Crippen molar-refractivity contribution in [1.29, 1.82) is 0 Å². The number of benzene rings is 1. The van der Waals surface area contributed by atoms with Crippen molar-refractivity contribution in [3.05, 3.63) is 52.7 Å². The third-order valence-corrected chi connectivity index (χ3v) is 3.32. The van der Waals surface area contributed by atoms with E-state index in [4.69, 9.17) is 11.6 Å². The highest BCUT2D eigenvalue weighted by Gasteiger charge is 2.02. The van der Waals surface area contributed by atoms with E-state index in [-0.39, 0.29) is 5.91 Å². The molecule has 2 aromatic rings. The van der Waals surface area contributed by atoms with Crippen molar-refractivity contribution in [3.8, 4) is 0 Å². The zero-order valence-corrected chi connectivity index (χ0v) is 13.2. The highest BCUT2D eigenvalue weighted by atomic mass is 35.5. The number of amides is 1. The molecule has 6 heteroatoms. The van der Waals surface area contributed by atoms with E-state index in [1.807, 2.05) is 43.3 Å². The highest BCUT2D eigenvalue weighted by molar-refractivity contribution is 6.30. The molecule has 116 valence electrons. The van der Waals surface area contributed by atoms with Crippen LogP contribution in [0.15, 0.2) is 36.4 Å². The summed E-state index contributed by atoms with van der Waals surface area (Å²) in [7, 11) is 0. The molecular weight excluding hydrogens is 300 g/mol. The Labute approximate surface area is 135 Å². The molecule has 0 atom stereocenters. The fraction of sp³-hybridized carbons (Fsp3) is 0.312. The van der Waals surface area contributed by atoms with Gasteiger partial charge in [-0.2, -0.15) is 5.10 Å². The molecule has 0 unspecified atom stereocenters. The molecule has 5 nitrogen and oxygen atoms in total. The van der Waals surface area contributed by atoms with Gasteiger partial charge in [-0.25, -0.2) is 0 Å². The van der Waals surface area contributed by atoms with Gasteiger partial charge in [-0.05, 0) is 43.2 Å². The molecule has 0 spiro atoms. The standard InChI is InChI=1S/C16H19ClN4O/c1-12-5-7-15(21-20-12)18-9-10-19-16(22)8-6-13-3-2-4-14(17)11-13/h2-5,7,11H,6,8-10H2,1H3,(H,18,21)(H,19,22). The Kier molecular flexibility index (Phi) is 6.15. The van der Waals surface area contributed by atoms with Crippen LogP contribution < -0.4 is 10.6 Å². The van der Waals surface area contributed by atoms with Crippen LogP contribution in [-0.4, -0.2) is 29.2 Å². The third-order valence-electron chi connectivity index (χ3n) is 3.08. The molecule has 22 heavy (non-hydrogen) atoms. The lowest BCUT2D eigenvalue weighted by Crippen LogP contribution is -2.29. The van der Waals surface area contributed by atoms with Gasteiger partial charge in [0.05, 0.1) is 5.69 Å². The smallest absolute Gasteiger partial charge is 0.220 e. The van der Waals surface area contributed by atoms with Crippen molar-refractivity contribution in [2.75, 3.05) is 18.4 Å². The van der Waals surface area contributed by atoms with E-state index >= 15 is 0 Å². The van der Waals surface area contributed by atoms with Crippen LogP contribution in [0.1, 0.15) is 17.7 Å². The Balaban J connectivity index is 1.62. The van der Waals surface area contributed by atoms with E-state index in [0.29, 0.717) is 36.8 Å². The molecule has 0 fully saturated rings. The van der Waals surface area contributed by atoms with Crippen molar-refractivity contribution < 1.29 is 4.79 Å². The van der Waals surface area contributed by atoms with E-state index in [1.54, 1.807) is 0 Å². The topological polar surface area (TPSA) is 66.9 Å². The second-order valence-electron chi connectivity index (χ2n) is 4.97. The summed E-state index contributed by atoms with van der Waals surface area (Å²) < 4.78 is 0. The van der Waals surface area contributed by atoms with Crippen molar-refractivity contribution in [2.24, 2.45) is 0 Å². The lowest BCUT2D eigenvalue weighted by atomic mass is 10.1. The van der Waals surface area contributed by atoms with E-state index in [1.165, 1.54) is 0 Å². The summed E-state index contributed by atoms with van der Waals surface area (Å²) in [6, 6.07) is 11.3. The molecule has 0 saturated carbocycles. The van der Waals surface area contributed by atoms with Gasteiger partial charge in [0, 0.05) is 24.5 Å². The molecule has 0 aliphatic heterocycles. The predicted octanol–water partition coefficient (Wildman–Crippen LogP) is 2.60. The summed E-state index contributed by atoms with van der Waals surface area (Å²) in [5.41, 5.74) is 1.94. The fourth-order valence-electron chi connectivity index (χ4n) is 1.92. The minimum absolute atomic E-state index is 0.0248. The summed E-state index contributed by atoms with van der Waals surface area (Å²) in [6.07, 6.45) is 1.13. The molecule has 1 aromatic heterocycles. The number of hydrogen-bond acceptors (Lipinski definition) is 4. The monoisotopic (exact) mass is 318 g/mol. The second kappa shape index (κ2) is 8.34. The van der Waals surface area contributed by atoms with Crippen molar-refractivity contribution in [2.45, 2.75) is 19.8 Å². The van der Waals surface area contributed by atoms with Crippen molar-refractivity contribution in [1.82, 2.24) is 15.5 Å². The molecule has 1 heterocycles. The summed E-state index contributed by atoms with van der Waals surface area (Å²) in [5.74, 6) is 0.732. The van der Waals surface area contributed by atoms with Gasteiger partial charge in [0.2, 0.25) is 5.91 Å². The number of nitrogens with one attached hydrogen (secondary N) is 2. The number of hydrogen-bond donors (Lipinski definition) is 2.